The molecular weight excluding hydrogens is 829 g/mol. The predicted molar refractivity (Wildman–Crippen MR) is 253 cm³/mol. The number of hydrogen-bond donors (Lipinski definition) is 3. The number of ether oxygens (including phenoxy) is 3. The first-order chi connectivity index (χ1) is 32.0. The lowest BCUT2D eigenvalue weighted by molar-refractivity contribution is 0.0513. The number of carbonyl (C=O) groups excluding carboxylic acids is 3. The summed E-state index contributed by atoms with van der Waals surface area (Å²) in [6.45, 7) is 5.65. The molecule has 7 rings (SSSR count). The van der Waals surface area contributed by atoms with E-state index in [-0.39, 0.29) is 53.8 Å². The second kappa shape index (κ2) is 20.9. The molecule has 0 saturated heterocycles. The molecule has 0 unspecified atom stereocenters. The highest BCUT2D eigenvalue weighted by Gasteiger charge is 2.15. The molecule has 3 N–H and O–H groups in total. The van der Waals surface area contributed by atoms with Gasteiger partial charge in [0.2, 0.25) is 0 Å². The number of phenols is 3. The zero-order valence-corrected chi connectivity index (χ0v) is 36.3. The molecule has 9 heteroatoms. The summed E-state index contributed by atoms with van der Waals surface area (Å²) in [5, 5.41) is 30.5. The fraction of sp³-hybridized carbons (Fsp3) is 0.105. The van der Waals surface area contributed by atoms with E-state index in [4.69, 9.17) is 14.2 Å². The van der Waals surface area contributed by atoms with Crippen LogP contribution in [0.1, 0.15) is 85.2 Å². The van der Waals surface area contributed by atoms with Gasteiger partial charge in [-0.3, -0.25) is 0 Å². The van der Waals surface area contributed by atoms with Crippen LogP contribution in [-0.4, -0.2) is 53.0 Å². The normalized spacial score (nSPS) is 10.2. The van der Waals surface area contributed by atoms with Crippen LogP contribution in [0.2, 0.25) is 0 Å². The summed E-state index contributed by atoms with van der Waals surface area (Å²) in [6, 6.07) is 43.6. The summed E-state index contributed by atoms with van der Waals surface area (Å²) < 4.78 is 15.2. The maximum Gasteiger partial charge on any atom is 0.341 e. The Morgan fingerprint density at radius 1 is 0.333 bits per heavy atom. The van der Waals surface area contributed by atoms with Crippen LogP contribution in [0.25, 0.3) is 33.4 Å². The van der Waals surface area contributed by atoms with Crippen molar-refractivity contribution >= 4 is 17.9 Å². The van der Waals surface area contributed by atoms with Crippen LogP contribution in [0.4, 0.5) is 0 Å². The maximum absolute atomic E-state index is 12.3. The molecule has 0 aromatic heterocycles. The highest BCUT2D eigenvalue weighted by molar-refractivity contribution is 5.94. The average Bonchev–Trinajstić information content (AvgIpc) is 3.33. The van der Waals surface area contributed by atoms with Crippen LogP contribution in [0.5, 0.6) is 17.2 Å². The first kappa shape index (κ1) is 45.1. The van der Waals surface area contributed by atoms with Crippen molar-refractivity contribution in [1.82, 2.24) is 0 Å². The first-order valence-electron chi connectivity index (χ1n) is 21.0. The molecule has 0 aliphatic rings. The van der Waals surface area contributed by atoms with Crippen molar-refractivity contribution in [2.75, 3.05) is 19.8 Å². The van der Waals surface area contributed by atoms with Gasteiger partial charge in [0.05, 0.1) is 19.8 Å². The van der Waals surface area contributed by atoms with Crippen LogP contribution in [0.15, 0.2) is 146 Å². The molecule has 0 heterocycles. The van der Waals surface area contributed by atoms with Gasteiger partial charge in [0.25, 0.3) is 0 Å². The third-order valence-electron chi connectivity index (χ3n) is 10.1. The van der Waals surface area contributed by atoms with Crippen molar-refractivity contribution in [3.63, 3.8) is 0 Å². The highest BCUT2D eigenvalue weighted by Crippen LogP contribution is 2.34. The van der Waals surface area contributed by atoms with Gasteiger partial charge in [-0.1, -0.05) is 71.9 Å². The number of esters is 3. The van der Waals surface area contributed by atoms with Crippen molar-refractivity contribution in [3.05, 3.63) is 196 Å². The number of rotatable bonds is 9. The van der Waals surface area contributed by atoms with Crippen molar-refractivity contribution in [2.24, 2.45) is 0 Å². The van der Waals surface area contributed by atoms with Gasteiger partial charge in [0.1, 0.15) is 33.9 Å². The third kappa shape index (κ3) is 11.2. The number of hydrogen-bond acceptors (Lipinski definition) is 9. The van der Waals surface area contributed by atoms with Crippen molar-refractivity contribution in [2.45, 2.75) is 20.8 Å². The molecule has 0 aliphatic heterocycles. The monoisotopic (exact) mass is 870 g/mol. The largest absolute Gasteiger partial charge is 0.507 e. The van der Waals surface area contributed by atoms with E-state index in [9.17, 15) is 29.7 Å². The standard InChI is InChI=1S/C57H42O9/c1-4-64-55(61)49-31-40(19-28-52(49)58)10-7-37-13-22-43(23-14-37)46-34-47(44-24-15-38(16-25-44)8-11-41-20-29-53(59)50(32-41)56(62)65-5-2)36-48(35-46)45-26-17-39(18-27-45)9-12-42-21-30-54(60)51(33-42)57(63)66-6-3/h13-36,58-60H,4-6H2,1-3H3. The quantitative estimate of drug-likeness (QED) is 0.0735. The zero-order chi connectivity index (χ0) is 46.6. The smallest absolute Gasteiger partial charge is 0.341 e. The lowest BCUT2D eigenvalue weighted by atomic mass is 9.92. The van der Waals surface area contributed by atoms with Crippen LogP contribution in [0.3, 0.4) is 0 Å². The summed E-state index contributed by atoms with van der Waals surface area (Å²) in [4.78, 5) is 36.9. The Balaban J connectivity index is 1.19. The molecule has 66 heavy (non-hydrogen) atoms. The maximum atomic E-state index is 12.3. The fourth-order valence-electron chi connectivity index (χ4n) is 6.76. The second-order valence-corrected chi connectivity index (χ2v) is 14.6. The van der Waals surface area contributed by atoms with Gasteiger partial charge in [0, 0.05) is 33.4 Å². The van der Waals surface area contributed by atoms with E-state index in [1.54, 1.807) is 39.0 Å². The number of aromatic hydroxyl groups is 3. The van der Waals surface area contributed by atoms with E-state index in [1.807, 2.05) is 72.8 Å². The fourth-order valence-corrected chi connectivity index (χ4v) is 6.76. The van der Waals surface area contributed by atoms with Gasteiger partial charge in [-0.25, -0.2) is 14.4 Å². The Kier molecular flexibility index (Phi) is 14.3. The van der Waals surface area contributed by atoms with Gasteiger partial charge in [0.15, 0.2) is 0 Å². The average molecular weight is 871 g/mol. The van der Waals surface area contributed by atoms with E-state index in [1.165, 1.54) is 36.4 Å². The molecule has 0 aliphatic carbocycles. The Labute approximate surface area is 382 Å². The van der Waals surface area contributed by atoms with Gasteiger partial charge in [-0.2, -0.15) is 0 Å². The minimum absolute atomic E-state index is 0.0554. The van der Waals surface area contributed by atoms with E-state index in [0.29, 0.717) is 16.7 Å². The highest BCUT2D eigenvalue weighted by atomic mass is 16.5. The second-order valence-electron chi connectivity index (χ2n) is 14.6. The summed E-state index contributed by atoms with van der Waals surface area (Å²) in [5.41, 5.74) is 9.83. The van der Waals surface area contributed by atoms with Crippen LogP contribution in [-0.2, 0) is 14.2 Å². The van der Waals surface area contributed by atoms with Crippen LogP contribution < -0.4 is 0 Å². The van der Waals surface area contributed by atoms with Crippen molar-refractivity contribution in [3.8, 4) is 86.2 Å². The molecule has 0 fully saturated rings. The Hall–Kier alpha value is -8.97. The summed E-state index contributed by atoms with van der Waals surface area (Å²) in [6.07, 6.45) is 0. The Morgan fingerprint density at radius 2 is 0.561 bits per heavy atom. The van der Waals surface area contributed by atoms with E-state index < -0.39 is 17.9 Å². The van der Waals surface area contributed by atoms with Gasteiger partial charge in [-0.15, -0.1) is 0 Å². The lowest BCUT2D eigenvalue weighted by Crippen LogP contribution is -2.05. The van der Waals surface area contributed by atoms with Gasteiger partial charge in [-0.05, 0) is 163 Å². The molecule has 324 valence electrons. The molecule has 0 amide bonds. The number of phenolic OH excluding ortho intramolecular Hbond substituents is 3. The predicted octanol–water partition coefficient (Wildman–Crippen LogP) is 10.5. The molecule has 7 aromatic carbocycles. The molecule has 0 atom stereocenters. The van der Waals surface area contributed by atoms with E-state index in [2.05, 4.69) is 53.7 Å². The zero-order valence-electron chi connectivity index (χ0n) is 36.3. The molecule has 7 aromatic rings. The van der Waals surface area contributed by atoms with Gasteiger partial charge >= 0.3 is 17.9 Å². The lowest BCUT2D eigenvalue weighted by Gasteiger charge is -2.12. The first-order valence-corrected chi connectivity index (χ1v) is 21.0. The number of carbonyl (C=O) groups is 3. The molecular formula is C57H42O9. The molecule has 0 bridgehead atoms. The van der Waals surface area contributed by atoms with Gasteiger partial charge < -0.3 is 29.5 Å². The summed E-state index contributed by atoms with van der Waals surface area (Å²) >= 11 is 0. The summed E-state index contributed by atoms with van der Waals surface area (Å²) in [5.74, 6) is 16.3. The minimum Gasteiger partial charge on any atom is -0.507 e. The van der Waals surface area contributed by atoms with Crippen molar-refractivity contribution < 1.29 is 43.9 Å². The minimum atomic E-state index is -0.616. The van der Waals surface area contributed by atoms with Crippen molar-refractivity contribution in [1.29, 1.82) is 0 Å². The third-order valence-corrected chi connectivity index (χ3v) is 10.1. The van der Waals surface area contributed by atoms with E-state index in [0.717, 1.165) is 50.1 Å². The summed E-state index contributed by atoms with van der Waals surface area (Å²) in [7, 11) is 0. The molecule has 0 saturated carbocycles. The molecule has 0 radical (unpaired) electrons. The molecule has 9 nitrogen and oxygen atoms in total. The van der Waals surface area contributed by atoms with E-state index >= 15 is 0 Å². The Morgan fingerprint density at radius 3 is 0.803 bits per heavy atom. The topological polar surface area (TPSA) is 140 Å². The van der Waals surface area contributed by atoms with Crippen LogP contribution in [0, 0.1) is 35.5 Å². The Bertz CT molecular complexity index is 2800. The SMILES string of the molecule is CCOC(=O)c1cc(C#Cc2ccc(-c3cc(-c4ccc(C#Cc5ccc(O)c(C(=O)OCC)c5)cc4)cc(-c4ccc(C#Cc5ccc(O)c(C(=O)OCC)c5)cc4)c3)cc2)ccc1O. The molecule has 0 spiro atoms. The number of benzene rings is 7. The van der Waals surface area contributed by atoms with Crippen LogP contribution >= 0.6 is 0 Å².